The molecule has 0 spiro atoms. The molecule has 1 aromatic rings. The Hall–Kier alpha value is -1.02. The average molecular weight is 219 g/mol. The van der Waals surface area contributed by atoms with Crippen LogP contribution in [-0.2, 0) is 6.42 Å². The van der Waals surface area contributed by atoms with Crippen LogP contribution in [0.2, 0.25) is 0 Å². The highest BCUT2D eigenvalue weighted by molar-refractivity contribution is 5.30. The summed E-state index contributed by atoms with van der Waals surface area (Å²) < 4.78 is 5.26. The highest BCUT2D eigenvalue weighted by atomic mass is 16.5. The minimum absolute atomic E-state index is 0.362. The number of benzene rings is 1. The van der Waals surface area contributed by atoms with Crippen molar-refractivity contribution in [2.75, 3.05) is 13.7 Å². The van der Waals surface area contributed by atoms with Crippen LogP contribution in [0.1, 0.15) is 31.7 Å². The van der Waals surface area contributed by atoms with Crippen molar-refractivity contribution in [1.29, 1.82) is 0 Å². The monoisotopic (exact) mass is 219 g/mol. The van der Waals surface area contributed by atoms with E-state index in [0.717, 1.165) is 12.2 Å². The second-order valence-corrected chi connectivity index (χ2v) is 4.74. The maximum absolute atomic E-state index is 5.26. The van der Waals surface area contributed by atoms with E-state index >= 15 is 0 Å². The fourth-order valence-electron chi connectivity index (χ4n) is 2.58. The van der Waals surface area contributed by atoms with Gasteiger partial charge in [-0.1, -0.05) is 25.5 Å². The van der Waals surface area contributed by atoms with Gasteiger partial charge in [0.1, 0.15) is 5.75 Å². The van der Waals surface area contributed by atoms with Gasteiger partial charge >= 0.3 is 0 Å². The molecule has 1 heterocycles. The molecule has 1 saturated heterocycles. The molecule has 2 rings (SSSR count). The van der Waals surface area contributed by atoms with Crippen LogP contribution in [0.5, 0.6) is 5.75 Å². The molecule has 0 amide bonds. The lowest BCUT2D eigenvalue weighted by Crippen LogP contribution is -2.58. The van der Waals surface area contributed by atoms with Gasteiger partial charge in [-0.25, -0.2) is 0 Å². The second-order valence-electron chi connectivity index (χ2n) is 4.74. The molecule has 1 aliphatic rings. The molecule has 88 valence electrons. The van der Waals surface area contributed by atoms with Gasteiger partial charge in [0.05, 0.1) is 7.11 Å². The molecule has 0 radical (unpaired) electrons. The third kappa shape index (κ3) is 2.38. The quantitative estimate of drug-likeness (QED) is 0.822. The van der Waals surface area contributed by atoms with Crippen molar-refractivity contribution in [2.45, 2.75) is 38.1 Å². The van der Waals surface area contributed by atoms with E-state index in [1.54, 1.807) is 7.11 Å². The Labute approximate surface area is 98.0 Å². The zero-order valence-corrected chi connectivity index (χ0v) is 10.3. The van der Waals surface area contributed by atoms with Crippen LogP contribution < -0.4 is 10.1 Å². The lowest BCUT2D eigenvalue weighted by Gasteiger charge is -2.44. The molecule has 1 fully saturated rings. The largest absolute Gasteiger partial charge is 0.497 e. The summed E-state index contributed by atoms with van der Waals surface area (Å²) in [6, 6.07) is 8.42. The molecule has 1 aliphatic heterocycles. The lowest BCUT2D eigenvalue weighted by molar-refractivity contribution is 0.188. The molecular formula is C14H21NO. The summed E-state index contributed by atoms with van der Waals surface area (Å²) in [6.07, 6.45) is 4.94. The predicted molar refractivity (Wildman–Crippen MR) is 67.0 cm³/mol. The van der Waals surface area contributed by atoms with Gasteiger partial charge in [-0.05, 0) is 43.5 Å². The third-order valence-electron chi connectivity index (χ3n) is 3.51. The van der Waals surface area contributed by atoms with Gasteiger partial charge in [0.25, 0.3) is 0 Å². The highest BCUT2D eigenvalue weighted by Crippen LogP contribution is 2.29. The van der Waals surface area contributed by atoms with E-state index in [2.05, 4.69) is 30.4 Å². The third-order valence-corrected chi connectivity index (χ3v) is 3.51. The van der Waals surface area contributed by atoms with Crippen molar-refractivity contribution in [3.8, 4) is 5.75 Å². The van der Waals surface area contributed by atoms with Crippen molar-refractivity contribution in [3.05, 3.63) is 29.8 Å². The molecular weight excluding hydrogens is 198 g/mol. The van der Waals surface area contributed by atoms with E-state index in [1.807, 2.05) is 6.07 Å². The molecule has 1 N–H and O–H groups in total. The van der Waals surface area contributed by atoms with Crippen molar-refractivity contribution in [3.63, 3.8) is 0 Å². The van der Waals surface area contributed by atoms with Crippen LogP contribution in [0.3, 0.4) is 0 Å². The molecule has 2 heteroatoms. The van der Waals surface area contributed by atoms with Gasteiger partial charge in [0.2, 0.25) is 0 Å². The minimum atomic E-state index is 0.362. The Balaban J connectivity index is 2.06. The van der Waals surface area contributed by atoms with E-state index in [9.17, 15) is 0 Å². The molecule has 0 aromatic heterocycles. The Bertz CT molecular complexity index is 344. The molecule has 2 nitrogen and oxygen atoms in total. The van der Waals surface area contributed by atoms with Crippen molar-refractivity contribution >= 4 is 0 Å². The smallest absolute Gasteiger partial charge is 0.119 e. The van der Waals surface area contributed by atoms with Gasteiger partial charge in [-0.15, -0.1) is 0 Å². The van der Waals surface area contributed by atoms with Crippen LogP contribution in [0.4, 0.5) is 0 Å². The first-order valence-corrected chi connectivity index (χ1v) is 6.16. The van der Waals surface area contributed by atoms with E-state index in [0.29, 0.717) is 5.54 Å². The van der Waals surface area contributed by atoms with Gasteiger partial charge < -0.3 is 10.1 Å². The van der Waals surface area contributed by atoms with Gasteiger partial charge in [0, 0.05) is 5.54 Å². The maximum Gasteiger partial charge on any atom is 0.119 e. The molecule has 1 atom stereocenters. The van der Waals surface area contributed by atoms with Crippen LogP contribution in [0, 0.1) is 0 Å². The molecule has 0 saturated carbocycles. The van der Waals surface area contributed by atoms with Gasteiger partial charge in [0.15, 0.2) is 0 Å². The maximum atomic E-state index is 5.26. The van der Waals surface area contributed by atoms with E-state index in [1.165, 1.54) is 31.4 Å². The van der Waals surface area contributed by atoms with E-state index in [-0.39, 0.29) is 0 Å². The predicted octanol–water partition coefficient (Wildman–Crippen LogP) is 2.77. The topological polar surface area (TPSA) is 21.3 Å². The van der Waals surface area contributed by atoms with Crippen LogP contribution in [0.25, 0.3) is 0 Å². The number of hydrogen-bond acceptors (Lipinski definition) is 2. The standard InChI is InChI=1S/C14H21NO/c1-3-7-14(8-9-15-14)11-12-5-4-6-13(10-12)16-2/h4-6,10,15H,3,7-9,11H2,1-2H3. The minimum Gasteiger partial charge on any atom is -0.497 e. The Morgan fingerprint density at radius 3 is 2.81 bits per heavy atom. The normalized spacial score (nSPS) is 23.9. The zero-order chi connectivity index (χ0) is 11.4. The van der Waals surface area contributed by atoms with Crippen molar-refractivity contribution in [1.82, 2.24) is 5.32 Å². The zero-order valence-electron chi connectivity index (χ0n) is 10.3. The first kappa shape index (κ1) is 11.5. The lowest BCUT2D eigenvalue weighted by atomic mass is 9.78. The second kappa shape index (κ2) is 4.88. The summed E-state index contributed by atoms with van der Waals surface area (Å²) in [5.41, 5.74) is 1.74. The van der Waals surface area contributed by atoms with Crippen LogP contribution in [0.15, 0.2) is 24.3 Å². The number of hydrogen-bond donors (Lipinski definition) is 1. The average Bonchev–Trinajstić information content (AvgIpc) is 2.26. The Morgan fingerprint density at radius 1 is 1.44 bits per heavy atom. The Kier molecular flexibility index (Phi) is 3.49. The van der Waals surface area contributed by atoms with Crippen molar-refractivity contribution < 1.29 is 4.74 Å². The summed E-state index contributed by atoms with van der Waals surface area (Å²) in [7, 11) is 1.72. The van der Waals surface area contributed by atoms with Crippen LogP contribution >= 0.6 is 0 Å². The summed E-state index contributed by atoms with van der Waals surface area (Å²) in [5, 5.41) is 3.61. The summed E-state index contributed by atoms with van der Waals surface area (Å²) in [5.74, 6) is 0.962. The summed E-state index contributed by atoms with van der Waals surface area (Å²) >= 11 is 0. The number of methoxy groups -OCH3 is 1. The van der Waals surface area contributed by atoms with Crippen molar-refractivity contribution in [2.24, 2.45) is 0 Å². The summed E-state index contributed by atoms with van der Waals surface area (Å²) in [6.45, 7) is 3.43. The molecule has 1 aromatic carbocycles. The molecule has 16 heavy (non-hydrogen) atoms. The fourth-order valence-corrected chi connectivity index (χ4v) is 2.58. The molecule has 1 unspecified atom stereocenters. The first-order chi connectivity index (χ1) is 7.78. The number of ether oxygens (including phenoxy) is 1. The molecule has 0 bridgehead atoms. The first-order valence-electron chi connectivity index (χ1n) is 6.16. The summed E-state index contributed by atoms with van der Waals surface area (Å²) in [4.78, 5) is 0. The highest BCUT2D eigenvalue weighted by Gasteiger charge is 2.35. The fraction of sp³-hybridized carbons (Fsp3) is 0.571. The Morgan fingerprint density at radius 2 is 2.25 bits per heavy atom. The van der Waals surface area contributed by atoms with Gasteiger partial charge in [-0.3, -0.25) is 0 Å². The van der Waals surface area contributed by atoms with Crippen LogP contribution in [-0.4, -0.2) is 19.2 Å². The molecule has 0 aliphatic carbocycles. The van der Waals surface area contributed by atoms with E-state index in [4.69, 9.17) is 4.74 Å². The van der Waals surface area contributed by atoms with E-state index < -0.39 is 0 Å². The van der Waals surface area contributed by atoms with Gasteiger partial charge in [-0.2, -0.15) is 0 Å². The SMILES string of the molecule is CCCC1(Cc2cccc(OC)c2)CCN1. The number of rotatable bonds is 5. The number of nitrogens with one attached hydrogen (secondary N) is 1.